The van der Waals surface area contributed by atoms with Crippen molar-refractivity contribution in [3.05, 3.63) is 135 Å². The van der Waals surface area contributed by atoms with E-state index in [0.29, 0.717) is 0 Å². The predicted molar refractivity (Wildman–Crippen MR) is 321 cm³/mol. The van der Waals surface area contributed by atoms with Gasteiger partial charge in [-0.2, -0.15) is 0 Å². The van der Waals surface area contributed by atoms with Crippen LogP contribution in [-0.4, -0.2) is 28.3 Å². The number of hydrogen-bond donors (Lipinski definition) is 0. The van der Waals surface area contributed by atoms with Crippen LogP contribution in [0.3, 0.4) is 0 Å². The Labute approximate surface area is 469 Å². The largest absolute Gasteiger partial charge is 2.00 e. The summed E-state index contributed by atoms with van der Waals surface area (Å²) in [5.74, 6) is 0. The van der Waals surface area contributed by atoms with E-state index in [1.165, 1.54) is 33.4 Å². The van der Waals surface area contributed by atoms with Gasteiger partial charge in [0.05, 0.1) is 34.0 Å². The maximum absolute atomic E-state index is 6.96. The van der Waals surface area contributed by atoms with Crippen molar-refractivity contribution in [1.82, 2.24) is 19.9 Å². The van der Waals surface area contributed by atoms with Gasteiger partial charge in [-0.1, -0.05) is 203 Å². The van der Waals surface area contributed by atoms with Crippen molar-refractivity contribution < 1.29 is 28.8 Å². The van der Waals surface area contributed by atoms with Crippen LogP contribution in [0.5, 0.6) is 0 Å². The maximum Gasteiger partial charge on any atom is 2.00 e. The zero-order chi connectivity index (χ0) is 55.0. The average Bonchev–Trinajstić information content (AvgIpc) is 4.13. The number of hydrogen-bond acceptors (Lipinski definition) is 4. The van der Waals surface area contributed by atoms with Crippen molar-refractivity contribution in [2.75, 3.05) is 0 Å². The van der Waals surface area contributed by atoms with Crippen LogP contribution in [0.15, 0.2) is 78.9 Å². The summed E-state index contributed by atoms with van der Waals surface area (Å²) in [6, 6.07) is 29.9. The van der Waals surface area contributed by atoms with Gasteiger partial charge in [-0.05, 0) is 157 Å². The van der Waals surface area contributed by atoms with Crippen LogP contribution in [-0.2, 0) is 61.3 Å². The third kappa shape index (κ3) is 11.0. The van der Waals surface area contributed by atoms with Crippen molar-refractivity contribution >= 4 is 59.0 Å². The molecule has 3 aromatic carbocycles. The van der Waals surface area contributed by atoms with E-state index in [1.54, 1.807) is 0 Å². The van der Waals surface area contributed by atoms with Crippen LogP contribution < -0.4 is 15.4 Å². The fraction of sp³-hybridized carbons (Fsp3) is 0.441. The van der Waals surface area contributed by atoms with Gasteiger partial charge in [-0.3, -0.25) is 0 Å². The van der Waals surface area contributed by atoms with Crippen LogP contribution in [0.1, 0.15) is 208 Å². The molecule has 0 saturated carbocycles. The minimum absolute atomic E-state index is 0. The molecule has 9 rings (SSSR count). The van der Waals surface area contributed by atoms with Gasteiger partial charge in [-0.25, -0.2) is 9.97 Å². The van der Waals surface area contributed by atoms with E-state index in [0.717, 1.165) is 83.7 Å². The molecule has 3 aliphatic rings. The van der Waals surface area contributed by atoms with E-state index in [4.69, 9.17) is 29.2 Å². The molecule has 6 nitrogen and oxygen atoms in total. The van der Waals surface area contributed by atoms with Gasteiger partial charge in [0, 0.05) is 0 Å². The molecule has 3 aliphatic heterocycles. The van der Waals surface area contributed by atoms with E-state index in [1.807, 2.05) is 0 Å². The molecule has 0 aliphatic carbocycles. The standard InChI is InChI=1S/C68H83BN4O2.Zn/c1-61(2,3)43-31-40(32-44(37-43)62(4,5)6)57-49-23-25-51(70-49)58(41-33-45(63(7,8)9)38-46(34-41)64(10,11)12)53-27-29-55(72-53)60(69-74-67(19,20)68(21,22)75-69)56-30-28-54(73-56)59(52-26-24-50(57)71-52)42-35-47(65(13,14)15)39-48(36-42)66(16,17)18;/h23-39H,1-22H3;/q-2;+2. The number of fused-ring (bicyclic) bond motifs is 8. The second-order valence-electron chi connectivity index (χ2n) is 28.9. The summed E-state index contributed by atoms with van der Waals surface area (Å²) in [6.45, 7) is 49.7. The van der Waals surface area contributed by atoms with Crippen LogP contribution in [0.25, 0.3) is 79.8 Å². The molecule has 0 amide bonds. The smallest absolute Gasteiger partial charge is 0.658 e. The summed E-state index contributed by atoms with van der Waals surface area (Å²) in [5.41, 5.74) is 19.0. The molecule has 8 heteroatoms. The van der Waals surface area contributed by atoms with Crippen LogP contribution in [0.4, 0.5) is 0 Å². The Bertz CT molecular complexity index is 3320. The molecule has 0 radical (unpaired) electrons. The molecule has 0 spiro atoms. The molecule has 3 aromatic heterocycles. The maximum atomic E-state index is 6.96. The Kier molecular flexibility index (Phi) is 14.3. The summed E-state index contributed by atoms with van der Waals surface area (Å²) in [5, 5.41) is 0. The normalized spacial score (nSPS) is 15.9. The van der Waals surface area contributed by atoms with E-state index in [2.05, 4.69) is 255 Å². The second-order valence-corrected chi connectivity index (χ2v) is 28.9. The molecule has 0 unspecified atom stereocenters. The molecule has 0 N–H and O–H groups in total. The minimum atomic E-state index is -0.744. The van der Waals surface area contributed by atoms with Gasteiger partial charge in [-0.15, -0.1) is 22.1 Å². The van der Waals surface area contributed by atoms with Crippen LogP contribution in [0, 0.1) is 0 Å². The fourth-order valence-corrected chi connectivity index (χ4v) is 10.1. The van der Waals surface area contributed by atoms with Gasteiger partial charge in [0.2, 0.25) is 0 Å². The minimum Gasteiger partial charge on any atom is -0.658 e. The number of nitrogens with zero attached hydrogens (tertiary/aromatic N) is 4. The van der Waals surface area contributed by atoms with Gasteiger partial charge in [0.15, 0.2) is 0 Å². The van der Waals surface area contributed by atoms with E-state index in [-0.39, 0.29) is 52.0 Å². The summed E-state index contributed by atoms with van der Waals surface area (Å²) in [7, 11) is -0.744. The zero-order valence-corrected chi connectivity index (χ0v) is 53.2. The molecular formula is C68H83BN4O2Zn. The van der Waals surface area contributed by atoms with E-state index >= 15 is 0 Å². The Morgan fingerprint density at radius 2 is 0.592 bits per heavy atom. The Morgan fingerprint density at radius 3 is 0.868 bits per heavy atom. The molecule has 1 saturated heterocycles. The molecule has 6 heterocycles. The number of aromatic nitrogens is 4. The molecule has 1 fully saturated rings. The van der Waals surface area contributed by atoms with Crippen molar-refractivity contribution in [3.63, 3.8) is 0 Å². The third-order valence-corrected chi connectivity index (χ3v) is 16.0. The molecule has 392 valence electrons. The fourth-order valence-electron chi connectivity index (χ4n) is 10.1. The summed E-state index contributed by atoms with van der Waals surface area (Å²) in [6.07, 6.45) is 8.64. The monoisotopic (exact) mass is 1060 g/mol. The molecule has 8 bridgehead atoms. The van der Waals surface area contributed by atoms with Gasteiger partial charge in [0.1, 0.15) is 0 Å². The first-order valence-electron chi connectivity index (χ1n) is 27.3. The van der Waals surface area contributed by atoms with E-state index < -0.39 is 18.3 Å². The summed E-state index contributed by atoms with van der Waals surface area (Å²) in [4.78, 5) is 22.8. The van der Waals surface area contributed by atoms with Crippen LogP contribution >= 0.6 is 0 Å². The second kappa shape index (κ2) is 19.1. The van der Waals surface area contributed by atoms with E-state index in [9.17, 15) is 0 Å². The first kappa shape index (κ1) is 57.1. The summed E-state index contributed by atoms with van der Waals surface area (Å²) >= 11 is 0. The van der Waals surface area contributed by atoms with Gasteiger partial charge >= 0.3 is 26.6 Å². The Hall–Kier alpha value is -5.13. The molecule has 76 heavy (non-hydrogen) atoms. The van der Waals surface area contributed by atoms with Crippen molar-refractivity contribution in [1.29, 1.82) is 0 Å². The quantitative estimate of drug-likeness (QED) is 0.164. The molecule has 0 atom stereocenters. The predicted octanol–water partition coefficient (Wildman–Crippen LogP) is 17.0. The number of benzene rings is 3. The van der Waals surface area contributed by atoms with Gasteiger partial charge in [0.25, 0.3) is 0 Å². The SMILES string of the molecule is CC(C)(C)c1cc(-c2c3nc(c(-c4cc(C(C)(C)C)cc(C(C)(C)C)c4)c4ccc([n-]4)c(-c4cc(C(C)(C)C)cc(C(C)(C)C)c4)c4nc(c(B5OC(C)(C)C(C)(C)O5)c5ccc2[n-]5)C=C4)C=C3)cc(C(C)(C)C)c1.[Zn+2]. The van der Waals surface area contributed by atoms with Crippen molar-refractivity contribution in [2.24, 2.45) is 0 Å². The summed E-state index contributed by atoms with van der Waals surface area (Å²) < 4.78 is 13.9. The molecule has 6 aromatic rings. The van der Waals surface area contributed by atoms with Crippen molar-refractivity contribution in [2.45, 2.75) is 196 Å². The molecular weight excluding hydrogens is 981 g/mol. The van der Waals surface area contributed by atoms with Crippen molar-refractivity contribution in [3.8, 4) is 33.4 Å². The van der Waals surface area contributed by atoms with Gasteiger partial charge < -0.3 is 19.3 Å². The average molecular weight is 1060 g/mol. The Morgan fingerprint density at radius 1 is 0.355 bits per heavy atom. The Balaban J connectivity index is 0.00000765. The first-order valence-corrected chi connectivity index (χ1v) is 27.3. The topological polar surface area (TPSA) is 72.4 Å². The first-order chi connectivity index (χ1) is 34.4. The third-order valence-electron chi connectivity index (χ3n) is 16.0. The van der Waals surface area contributed by atoms with Crippen LogP contribution in [0.2, 0.25) is 0 Å². The number of rotatable bonds is 4. The zero-order valence-electron chi connectivity index (χ0n) is 50.2.